The van der Waals surface area contributed by atoms with Gasteiger partial charge in [0, 0.05) is 29.9 Å². The molecular formula is C35H40N2O4. The summed E-state index contributed by atoms with van der Waals surface area (Å²) in [7, 11) is 0. The highest BCUT2D eigenvalue weighted by Crippen LogP contribution is 2.42. The molecule has 0 radical (unpaired) electrons. The molecule has 2 atom stereocenters. The summed E-state index contributed by atoms with van der Waals surface area (Å²) in [5.41, 5.74) is 6.99. The van der Waals surface area contributed by atoms with Crippen molar-refractivity contribution in [2.24, 2.45) is 0 Å². The van der Waals surface area contributed by atoms with E-state index in [1.807, 2.05) is 67.6 Å². The van der Waals surface area contributed by atoms with E-state index >= 15 is 0 Å². The fourth-order valence-corrected chi connectivity index (χ4v) is 5.44. The number of rotatable bonds is 12. The number of ketones is 1. The van der Waals surface area contributed by atoms with E-state index < -0.39 is 12.2 Å². The number of aliphatic hydroxyl groups excluding tert-OH is 2. The maximum absolute atomic E-state index is 14.1. The first-order valence-corrected chi connectivity index (χ1v) is 14.3. The van der Waals surface area contributed by atoms with Crippen LogP contribution in [0, 0.1) is 6.92 Å². The Morgan fingerprint density at radius 2 is 1.44 bits per heavy atom. The molecule has 0 aliphatic rings. The van der Waals surface area contributed by atoms with Gasteiger partial charge in [0.25, 0.3) is 5.91 Å². The number of nitrogens with zero attached hydrogens (tertiary/aromatic N) is 1. The van der Waals surface area contributed by atoms with Crippen molar-refractivity contribution in [3.8, 4) is 22.4 Å². The number of carbonyl (C=O) groups excluding carboxylic acids is 2. The molecule has 3 N–H and O–H groups in total. The van der Waals surface area contributed by atoms with Gasteiger partial charge in [0.2, 0.25) is 0 Å². The largest absolute Gasteiger partial charge is 0.393 e. The molecule has 1 aromatic heterocycles. The van der Waals surface area contributed by atoms with E-state index in [0.29, 0.717) is 24.2 Å². The average molecular weight is 553 g/mol. The molecule has 0 aliphatic carbocycles. The van der Waals surface area contributed by atoms with Crippen LogP contribution in [-0.2, 0) is 11.3 Å². The molecule has 4 rings (SSSR count). The number of hydrogen-bond acceptors (Lipinski definition) is 4. The third-order valence-electron chi connectivity index (χ3n) is 7.25. The zero-order valence-electron chi connectivity index (χ0n) is 24.3. The number of Topliss-reactive ketones (excluding diaryl/α,β-unsaturated/α-hetero) is 1. The number of anilines is 1. The molecule has 6 nitrogen and oxygen atoms in total. The summed E-state index contributed by atoms with van der Waals surface area (Å²) in [6.45, 7) is 8.06. The highest BCUT2D eigenvalue weighted by atomic mass is 16.3. The summed E-state index contributed by atoms with van der Waals surface area (Å²) in [5.74, 6) is -0.308. The number of carbonyl (C=O) groups is 2. The van der Waals surface area contributed by atoms with Crippen molar-refractivity contribution in [1.82, 2.24) is 4.57 Å². The number of aromatic nitrogens is 1. The number of nitrogens with one attached hydrogen (secondary N) is 1. The Morgan fingerprint density at radius 1 is 0.829 bits per heavy atom. The molecule has 3 aromatic carbocycles. The average Bonchev–Trinajstić information content (AvgIpc) is 3.28. The summed E-state index contributed by atoms with van der Waals surface area (Å²) >= 11 is 0. The van der Waals surface area contributed by atoms with Crippen LogP contribution in [0.3, 0.4) is 0 Å². The van der Waals surface area contributed by atoms with Gasteiger partial charge in [-0.05, 0) is 55.9 Å². The highest BCUT2D eigenvalue weighted by Gasteiger charge is 2.30. The molecule has 214 valence electrons. The molecule has 0 bridgehead atoms. The number of hydrogen-bond donors (Lipinski definition) is 3. The molecule has 1 heterocycles. The second-order valence-electron chi connectivity index (χ2n) is 11.1. The molecule has 0 saturated heterocycles. The Kier molecular flexibility index (Phi) is 9.92. The van der Waals surface area contributed by atoms with Crippen molar-refractivity contribution >= 4 is 17.4 Å². The molecule has 1 amide bonds. The number of para-hydroxylation sites is 1. The summed E-state index contributed by atoms with van der Waals surface area (Å²) in [4.78, 5) is 25.6. The fraction of sp³-hybridized carbons (Fsp3) is 0.314. The number of aryl methyl sites for hydroxylation is 1. The summed E-state index contributed by atoms with van der Waals surface area (Å²) in [5, 5.41) is 24.2. The second kappa shape index (κ2) is 13.6. The predicted molar refractivity (Wildman–Crippen MR) is 165 cm³/mol. The zero-order chi connectivity index (χ0) is 29.5. The van der Waals surface area contributed by atoms with Crippen LogP contribution >= 0.6 is 0 Å². The molecule has 0 spiro atoms. The minimum atomic E-state index is -0.889. The van der Waals surface area contributed by atoms with Crippen LogP contribution in [0.1, 0.15) is 67.6 Å². The van der Waals surface area contributed by atoms with Gasteiger partial charge in [0.15, 0.2) is 0 Å². The molecule has 41 heavy (non-hydrogen) atoms. The lowest BCUT2D eigenvalue weighted by atomic mass is 9.94. The van der Waals surface area contributed by atoms with Gasteiger partial charge in [-0.2, -0.15) is 0 Å². The van der Waals surface area contributed by atoms with E-state index in [4.69, 9.17) is 0 Å². The van der Waals surface area contributed by atoms with E-state index in [9.17, 15) is 19.8 Å². The van der Waals surface area contributed by atoms with Crippen molar-refractivity contribution in [2.75, 3.05) is 5.32 Å². The summed E-state index contributed by atoms with van der Waals surface area (Å²) in [6, 6.07) is 27.7. The Balaban J connectivity index is 1.89. The van der Waals surface area contributed by atoms with Crippen molar-refractivity contribution in [2.45, 2.75) is 71.6 Å². The third-order valence-corrected chi connectivity index (χ3v) is 7.25. The van der Waals surface area contributed by atoms with E-state index in [2.05, 4.69) is 48.0 Å². The molecule has 0 fully saturated rings. The Labute approximate surface area is 242 Å². The minimum absolute atomic E-state index is 0.00590. The van der Waals surface area contributed by atoms with E-state index in [-0.39, 0.29) is 30.4 Å². The topological polar surface area (TPSA) is 91.6 Å². The van der Waals surface area contributed by atoms with E-state index in [1.165, 1.54) is 6.92 Å². The van der Waals surface area contributed by atoms with Gasteiger partial charge in [-0.3, -0.25) is 9.59 Å². The van der Waals surface area contributed by atoms with Crippen LogP contribution in [0.15, 0.2) is 84.9 Å². The number of amides is 1. The SMILES string of the molecule is CC(=O)C[C@H](O)C[C@H](O)CCn1c(-c2ccc(C)cc2)c(-c2ccccc2)c(C(=O)Nc2ccccc2)c1C(C)C. The summed E-state index contributed by atoms with van der Waals surface area (Å²) in [6.07, 6.45) is -1.20. The Hall–Kier alpha value is -4.00. The van der Waals surface area contributed by atoms with Crippen molar-refractivity contribution < 1.29 is 19.8 Å². The smallest absolute Gasteiger partial charge is 0.258 e. The summed E-state index contributed by atoms with van der Waals surface area (Å²) < 4.78 is 2.16. The lowest BCUT2D eigenvalue weighted by Gasteiger charge is -2.20. The van der Waals surface area contributed by atoms with Crippen molar-refractivity contribution in [1.29, 1.82) is 0 Å². The van der Waals surface area contributed by atoms with Crippen molar-refractivity contribution in [3.63, 3.8) is 0 Å². The lowest BCUT2D eigenvalue weighted by Crippen LogP contribution is -2.22. The standard InChI is InChI=1S/C35H40N2O4/c1-23(2)33-32(35(41)36-28-13-9-6-10-14-28)31(26-11-7-5-8-12-26)34(27-17-15-24(3)16-18-27)37(33)20-19-29(39)22-30(40)21-25(4)38/h5-18,23,29-30,39-40H,19-22H2,1-4H3,(H,36,41)/t29-,30+/m1/s1. The zero-order valence-corrected chi connectivity index (χ0v) is 24.3. The normalized spacial score (nSPS) is 12.8. The Bertz CT molecular complexity index is 1460. The molecule has 0 saturated carbocycles. The molecule has 0 unspecified atom stereocenters. The van der Waals surface area contributed by atoms with Crippen LogP contribution in [0.2, 0.25) is 0 Å². The van der Waals surface area contributed by atoms with Gasteiger partial charge < -0.3 is 20.1 Å². The first kappa shape index (κ1) is 30.0. The third kappa shape index (κ3) is 7.40. The van der Waals surface area contributed by atoms with E-state index in [1.54, 1.807) is 0 Å². The van der Waals surface area contributed by atoms with Gasteiger partial charge >= 0.3 is 0 Å². The van der Waals surface area contributed by atoms with Gasteiger partial charge in [-0.1, -0.05) is 92.2 Å². The monoisotopic (exact) mass is 552 g/mol. The maximum atomic E-state index is 14.1. The van der Waals surface area contributed by atoms with Gasteiger partial charge in [-0.15, -0.1) is 0 Å². The molecular weight excluding hydrogens is 512 g/mol. The minimum Gasteiger partial charge on any atom is -0.393 e. The van der Waals surface area contributed by atoms with Crippen LogP contribution in [0.5, 0.6) is 0 Å². The predicted octanol–water partition coefficient (Wildman–Crippen LogP) is 6.99. The van der Waals surface area contributed by atoms with Crippen LogP contribution < -0.4 is 5.32 Å². The fourth-order valence-electron chi connectivity index (χ4n) is 5.44. The van der Waals surface area contributed by atoms with Crippen LogP contribution in [0.4, 0.5) is 5.69 Å². The first-order valence-electron chi connectivity index (χ1n) is 14.3. The van der Waals surface area contributed by atoms with Crippen molar-refractivity contribution in [3.05, 3.63) is 102 Å². The highest BCUT2D eigenvalue weighted by molar-refractivity contribution is 6.12. The van der Waals surface area contributed by atoms with Gasteiger partial charge in [0.05, 0.1) is 23.5 Å². The first-order chi connectivity index (χ1) is 19.7. The van der Waals surface area contributed by atoms with Gasteiger partial charge in [-0.25, -0.2) is 0 Å². The lowest BCUT2D eigenvalue weighted by molar-refractivity contribution is -0.119. The van der Waals surface area contributed by atoms with E-state index in [0.717, 1.165) is 33.6 Å². The number of benzene rings is 3. The number of aliphatic hydroxyl groups is 2. The molecule has 6 heteroatoms. The Morgan fingerprint density at radius 3 is 2.02 bits per heavy atom. The van der Waals surface area contributed by atoms with Gasteiger partial charge in [0.1, 0.15) is 5.78 Å². The second-order valence-corrected chi connectivity index (χ2v) is 11.1. The van der Waals surface area contributed by atoms with Crippen LogP contribution in [0.25, 0.3) is 22.4 Å². The maximum Gasteiger partial charge on any atom is 0.258 e. The molecule has 0 aliphatic heterocycles. The quantitative estimate of drug-likeness (QED) is 0.177. The van der Waals surface area contributed by atoms with Crippen LogP contribution in [-0.4, -0.2) is 38.7 Å². The molecule has 4 aromatic rings.